The summed E-state index contributed by atoms with van der Waals surface area (Å²) in [6.07, 6.45) is 5.78. The molecule has 0 unspecified atom stereocenters. The van der Waals surface area contributed by atoms with Gasteiger partial charge in [-0.1, -0.05) is 6.07 Å². The van der Waals surface area contributed by atoms with E-state index in [9.17, 15) is 9.59 Å². The number of pyridine rings is 1. The highest BCUT2D eigenvalue weighted by Crippen LogP contribution is 2.35. The van der Waals surface area contributed by atoms with Gasteiger partial charge in [0.25, 0.3) is 0 Å². The number of carbonyl (C=O) groups is 2. The molecule has 2 rings (SSSR count). The Morgan fingerprint density at radius 1 is 1.43 bits per heavy atom. The summed E-state index contributed by atoms with van der Waals surface area (Å²) in [7, 11) is 0. The first-order valence-electron chi connectivity index (χ1n) is 7.49. The van der Waals surface area contributed by atoms with Crippen molar-refractivity contribution in [3.8, 4) is 0 Å². The molecule has 1 fully saturated rings. The van der Waals surface area contributed by atoms with E-state index in [1.165, 1.54) is 0 Å². The lowest BCUT2D eigenvalue weighted by molar-refractivity contribution is -0.139. The Morgan fingerprint density at radius 2 is 2.24 bits per heavy atom. The van der Waals surface area contributed by atoms with E-state index >= 15 is 0 Å². The smallest absolute Gasteiger partial charge is 0.225 e. The molecule has 0 aliphatic carbocycles. The summed E-state index contributed by atoms with van der Waals surface area (Å²) in [5, 5.41) is 0. The lowest BCUT2D eigenvalue weighted by atomic mass is 9.75. The number of amides is 2. The van der Waals surface area contributed by atoms with Crippen LogP contribution in [0.3, 0.4) is 0 Å². The van der Waals surface area contributed by atoms with Gasteiger partial charge in [0.1, 0.15) is 0 Å². The number of likely N-dealkylation sites (tertiary alicyclic amines) is 1. The van der Waals surface area contributed by atoms with Crippen molar-refractivity contribution in [1.82, 2.24) is 9.88 Å². The minimum absolute atomic E-state index is 0.0186. The van der Waals surface area contributed by atoms with Crippen molar-refractivity contribution in [2.24, 2.45) is 11.1 Å². The number of primary amides is 1. The minimum Gasteiger partial charge on any atom is -0.369 e. The quantitative estimate of drug-likeness (QED) is 0.892. The summed E-state index contributed by atoms with van der Waals surface area (Å²) in [6.45, 7) is 2.73. The molecule has 1 aliphatic heterocycles. The molecule has 1 atom stereocenters. The topological polar surface area (TPSA) is 76.3 Å². The second kappa shape index (κ2) is 6.70. The molecule has 0 bridgehead atoms. The number of carbonyl (C=O) groups excluding carboxylic acids is 2. The Morgan fingerprint density at radius 3 is 2.86 bits per heavy atom. The highest BCUT2D eigenvalue weighted by molar-refractivity contribution is 5.82. The predicted octanol–water partition coefficient (Wildman–Crippen LogP) is 1.52. The van der Waals surface area contributed by atoms with Gasteiger partial charge >= 0.3 is 0 Å². The number of hydrogen-bond donors (Lipinski definition) is 1. The van der Waals surface area contributed by atoms with E-state index in [1.807, 2.05) is 18.2 Å². The van der Waals surface area contributed by atoms with Crippen LogP contribution in [0.4, 0.5) is 0 Å². The second-order valence-electron chi connectivity index (χ2n) is 5.86. The molecule has 21 heavy (non-hydrogen) atoms. The maximum Gasteiger partial charge on any atom is 0.225 e. The van der Waals surface area contributed by atoms with Gasteiger partial charge < -0.3 is 10.6 Å². The van der Waals surface area contributed by atoms with Crippen LogP contribution in [0.25, 0.3) is 0 Å². The van der Waals surface area contributed by atoms with E-state index in [0.29, 0.717) is 13.0 Å². The van der Waals surface area contributed by atoms with Crippen LogP contribution in [0, 0.1) is 5.41 Å². The van der Waals surface area contributed by atoms with Gasteiger partial charge in [0.05, 0.1) is 5.41 Å². The van der Waals surface area contributed by atoms with Crippen LogP contribution in [-0.4, -0.2) is 34.8 Å². The lowest BCUT2D eigenvalue weighted by Gasteiger charge is -2.40. The predicted molar refractivity (Wildman–Crippen MR) is 80.3 cm³/mol. The van der Waals surface area contributed by atoms with E-state index in [-0.39, 0.29) is 11.8 Å². The van der Waals surface area contributed by atoms with Crippen molar-refractivity contribution in [3.63, 3.8) is 0 Å². The normalized spacial score (nSPS) is 22.0. The fourth-order valence-electron chi connectivity index (χ4n) is 3.08. The number of piperidine rings is 1. The van der Waals surface area contributed by atoms with Crippen LogP contribution in [0.2, 0.25) is 0 Å². The maximum absolute atomic E-state index is 12.0. The van der Waals surface area contributed by atoms with Gasteiger partial charge in [0, 0.05) is 31.9 Å². The van der Waals surface area contributed by atoms with E-state index in [1.54, 1.807) is 18.0 Å². The third-order valence-corrected chi connectivity index (χ3v) is 4.36. The summed E-state index contributed by atoms with van der Waals surface area (Å²) in [4.78, 5) is 29.6. The molecule has 2 amide bonds. The van der Waals surface area contributed by atoms with Gasteiger partial charge in [0.2, 0.25) is 11.8 Å². The van der Waals surface area contributed by atoms with Crippen LogP contribution in [0.1, 0.15) is 38.3 Å². The van der Waals surface area contributed by atoms with Crippen molar-refractivity contribution in [2.75, 3.05) is 13.1 Å². The zero-order valence-corrected chi connectivity index (χ0v) is 12.5. The molecule has 2 N–H and O–H groups in total. The molecule has 0 radical (unpaired) electrons. The fourth-order valence-corrected chi connectivity index (χ4v) is 3.08. The summed E-state index contributed by atoms with van der Waals surface area (Å²) in [5.74, 6) is -0.264. The van der Waals surface area contributed by atoms with Crippen LogP contribution >= 0.6 is 0 Å². The number of aryl methyl sites for hydroxylation is 1. The van der Waals surface area contributed by atoms with E-state index < -0.39 is 5.41 Å². The largest absolute Gasteiger partial charge is 0.369 e. The van der Waals surface area contributed by atoms with Crippen LogP contribution in [0.15, 0.2) is 24.4 Å². The highest BCUT2D eigenvalue weighted by Gasteiger charge is 2.40. The molecule has 1 aliphatic rings. The van der Waals surface area contributed by atoms with Crippen LogP contribution < -0.4 is 5.73 Å². The van der Waals surface area contributed by atoms with Crippen molar-refractivity contribution < 1.29 is 9.59 Å². The third kappa shape index (κ3) is 3.80. The molecule has 1 saturated heterocycles. The van der Waals surface area contributed by atoms with E-state index in [2.05, 4.69) is 4.98 Å². The Kier molecular flexibility index (Phi) is 4.94. The third-order valence-electron chi connectivity index (χ3n) is 4.36. The number of nitrogens with zero attached hydrogens (tertiary/aromatic N) is 2. The zero-order chi connectivity index (χ0) is 15.3. The Balaban J connectivity index is 1.98. The van der Waals surface area contributed by atoms with Crippen LogP contribution in [0.5, 0.6) is 0 Å². The maximum atomic E-state index is 12.0. The lowest BCUT2D eigenvalue weighted by Crippen LogP contribution is -2.51. The molecule has 0 saturated carbocycles. The van der Waals surface area contributed by atoms with Crippen molar-refractivity contribution in [3.05, 3.63) is 30.1 Å². The second-order valence-corrected chi connectivity index (χ2v) is 5.86. The fraction of sp³-hybridized carbons (Fsp3) is 0.562. The standard InChI is InChI=1S/C16H23N3O2/c1-13(20)19-11-5-9-16(12-19,15(17)21)8-4-7-14-6-2-3-10-18-14/h2-3,6,10H,4-5,7-9,11-12H2,1H3,(H2,17,21)/t16-/m1/s1. The molecular weight excluding hydrogens is 266 g/mol. The van der Waals surface area contributed by atoms with Crippen LogP contribution in [-0.2, 0) is 16.0 Å². The SMILES string of the molecule is CC(=O)N1CCC[C@@](CCCc2ccccn2)(C(N)=O)C1. The first-order valence-corrected chi connectivity index (χ1v) is 7.49. The average molecular weight is 289 g/mol. The number of nitrogens with two attached hydrogens (primary N) is 1. The minimum atomic E-state index is -0.571. The number of aromatic nitrogens is 1. The monoisotopic (exact) mass is 289 g/mol. The van der Waals surface area contributed by atoms with Gasteiger partial charge in [-0.2, -0.15) is 0 Å². The van der Waals surface area contributed by atoms with Gasteiger partial charge in [-0.15, -0.1) is 0 Å². The summed E-state index contributed by atoms with van der Waals surface area (Å²) in [6, 6.07) is 5.84. The molecule has 2 heterocycles. The van der Waals surface area contributed by atoms with Gasteiger partial charge in [0.15, 0.2) is 0 Å². The molecule has 114 valence electrons. The first-order chi connectivity index (χ1) is 10.0. The van der Waals surface area contributed by atoms with Crippen molar-refractivity contribution in [1.29, 1.82) is 0 Å². The number of hydrogen-bond acceptors (Lipinski definition) is 3. The van der Waals surface area contributed by atoms with Crippen molar-refractivity contribution >= 4 is 11.8 Å². The summed E-state index contributed by atoms with van der Waals surface area (Å²) in [5.41, 5.74) is 6.11. The highest BCUT2D eigenvalue weighted by atomic mass is 16.2. The molecule has 5 heteroatoms. The van der Waals surface area contributed by atoms with Gasteiger partial charge in [-0.25, -0.2) is 0 Å². The van der Waals surface area contributed by atoms with Gasteiger partial charge in [-0.3, -0.25) is 14.6 Å². The van der Waals surface area contributed by atoms with Gasteiger partial charge in [-0.05, 0) is 44.2 Å². The molecule has 5 nitrogen and oxygen atoms in total. The Labute approximate surface area is 125 Å². The van der Waals surface area contributed by atoms with E-state index in [0.717, 1.165) is 37.9 Å². The number of rotatable bonds is 5. The molecule has 1 aromatic rings. The summed E-state index contributed by atoms with van der Waals surface area (Å²) < 4.78 is 0. The van der Waals surface area contributed by atoms with E-state index in [4.69, 9.17) is 5.73 Å². The zero-order valence-electron chi connectivity index (χ0n) is 12.5. The molecule has 0 spiro atoms. The summed E-state index contributed by atoms with van der Waals surface area (Å²) >= 11 is 0. The molecule has 0 aromatic carbocycles. The molecular formula is C16H23N3O2. The first kappa shape index (κ1) is 15.5. The van der Waals surface area contributed by atoms with Crippen molar-refractivity contribution in [2.45, 2.75) is 39.0 Å². The molecule has 1 aromatic heterocycles. The average Bonchev–Trinajstić information content (AvgIpc) is 2.48. The Hall–Kier alpha value is -1.91. The Bertz CT molecular complexity index is 504.